The van der Waals surface area contributed by atoms with Crippen LogP contribution in [-0.2, 0) is 46.8 Å². The number of hydrogen-bond donors (Lipinski definition) is 0. The van der Waals surface area contributed by atoms with Gasteiger partial charge in [0.05, 0.1) is 0 Å². The summed E-state index contributed by atoms with van der Waals surface area (Å²) >= 11 is 0. The molecule has 0 aliphatic heterocycles. The average molecular weight is 359 g/mol. The van der Waals surface area contributed by atoms with Crippen molar-refractivity contribution in [3.05, 3.63) is 0 Å². The average Bonchev–Trinajstić information content (AvgIpc) is 0. The van der Waals surface area contributed by atoms with Crippen LogP contribution in [0.2, 0.25) is 0 Å². The molecule has 0 amide bonds. The van der Waals surface area contributed by atoms with Crippen LogP contribution in [0.25, 0.3) is 0 Å². The molecule has 0 saturated carbocycles. The second-order valence-electron chi connectivity index (χ2n) is 0. The van der Waals surface area contributed by atoms with E-state index in [1.807, 2.05) is 0 Å². The molecule has 4 heteroatoms. The van der Waals surface area contributed by atoms with Gasteiger partial charge >= 0.3 is 86.6 Å². The van der Waals surface area contributed by atoms with Gasteiger partial charge in [-0.3, -0.25) is 0 Å². The van der Waals surface area contributed by atoms with Gasteiger partial charge in [0.15, 0.2) is 0 Å². The normalized spacial score (nSPS) is 0. The maximum absolute atomic E-state index is 0. The first-order valence-corrected chi connectivity index (χ1v) is 0. The molecule has 0 nitrogen and oxygen atoms in total. The van der Waals surface area contributed by atoms with E-state index in [1.54, 1.807) is 0 Å². The number of hydrogen-bond acceptors (Lipinski definition) is 0. The Labute approximate surface area is 135 Å². The van der Waals surface area contributed by atoms with E-state index in [1.165, 1.54) is 0 Å². The van der Waals surface area contributed by atoms with Gasteiger partial charge in [-0.15, -0.1) is 0 Å². The fraction of sp³-hybridized carbons (Fsp3) is 0. The first kappa shape index (κ1) is 23.8. The van der Waals surface area contributed by atoms with Crippen LogP contribution in [0.4, 0.5) is 0 Å². The van der Waals surface area contributed by atoms with Gasteiger partial charge in [0, 0.05) is 46.8 Å². The third-order valence-electron chi connectivity index (χ3n) is 0. The Kier molecular flexibility index (Phi) is 93.2. The van der Waals surface area contributed by atoms with Crippen molar-refractivity contribution in [2.45, 2.75) is 0 Å². The summed E-state index contributed by atoms with van der Waals surface area (Å²) in [7, 11) is 0. The van der Waals surface area contributed by atoms with Crippen molar-refractivity contribution in [1.82, 2.24) is 0 Å². The molecule has 0 bridgehead atoms. The number of rotatable bonds is 0. The standard InChI is InChI=1S/Ba.Ca.Cd.Zn.4H/q2*+2;;;4*-1. The Morgan fingerprint density at radius 3 is 1.25 bits per heavy atom. The molecule has 0 aliphatic carbocycles. The van der Waals surface area contributed by atoms with Crippen LogP contribution in [0, 0.1) is 0 Å². The van der Waals surface area contributed by atoms with Crippen LogP contribution in [0.3, 0.4) is 0 Å². The van der Waals surface area contributed by atoms with Crippen LogP contribution >= 0.6 is 0 Å². The van der Waals surface area contributed by atoms with Crippen LogP contribution in [-0.4, -0.2) is 86.6 Å². The molecule has 0 aliphatic rings. The fourth-order valence-electron chi connectivity index (χ4n) is 0. The second kappa shape index (κ2) is 15.7. The zero-order chi connectivity index (χ0) is 0. The van der Waals surface area contributed by atoms with Crippen LogP contribution in [0.5, 0.6) is 0 Å². The SMILES string of the molecule is [Ba+2].[Ca+2].[Cd].[H-].[H-].[H-].[H-].[Zn]. The third-order valence-corrected chi connectivity index (χ3v) is 0. The summed E-state index contributed by atoms with van der Waals surface area (Å²) in [5.74, 6) is 0. The van der Waals surface area contributed by atoms with E-state index in [2.05, 4.69) is 0 Å². The molecule has 0 spiro atoms. The van der Waals surface area contributed by atoms with Gasteiger partial charge in [0.2, 0.25) is 0 Å². The topological polar surface area (TPSA) is 0 Å². The molecule has 4 heavy (non-hydrogen) atoms. The monoisotopic (exact) mass is 360 g/mol. The van der Waals surface area contributed by atoms with Gasteiger partial charge in [-0.25, -0.2) is 0 Å². The van der Waals surface area contributed by atoms with Crippen LogP contribution in [0.1, 0.15) is 5.71 Å². The van der Waals surface area contributed by atoms with E-state index in [0.717, 1.165) is 0 Å². The molecule has 0 atom stereocenters. The van der Waals surface area contributed by atoms with Gasteiger partial charge in [0.25, 0.3) is 0 Å². The quantitative estimate of drug-likeness (QED) is 0.521. The summed E-state index contributed by atoms with van der Waals surface area (Å²) in [6, 6.07) is 0. The van der Waals surface area contributed by atoms with Gasteiger partial charge in [-0.05, 0) is 0 Å². The van der Waals surface area contributed by atoms with Crippen LogP contribution in [0.15, 0.2) is 0 Å². The van der Waals surface area contributed by atoms with Crippen molar-refractivity contribution < 1.29 is 52.5 Å². The summed E-state index contributed by atoms with van der Waals surface area (Å²) in [6.45, 7) is 0. The minimum absolute atomic E-state index is 0. The van der Waals surface area contributed by atoms with Crippen molar-refractivity contribution in [2.24, 2.45) is 0 Å². The predicted octanol–water partition coefficient (Wildman–Crippen LogP) is -0.317. The van der Waals surface area contributed by atoms with Crippen molar-refractivity contribution in [1.29, 1.82) is 0 Å². The molecular weight excluding hydrogens is 355 g/mol. The van der Waals surface area contributed by atoms with E-state index >= 15 is 0 Å². The molecule has 0 heterocycles. The molecule has 0 aromatic rings. The van der Waals surface area contributed by atoms with Crippen molar-refractivity contribution in [3.8, 4) is 0 Å². The summed E-state index contributed by atoms with van der Waals surface area (Å²) < 4.78 is 0. The summed E-state index contributed by atoms with van der Waals surface area (Å²) in [6.07, 6.45) is 0. The van der Waals surface area contributed by atoms with Gasteiger partial charge in [-0.2, -0.15) is 0 Å². The van der Waals surface area contributed by atoms with Gasteiger partial charge in [-0.1, -0.05) is 0 Å². The smallest absolute Gasteiger partial charge is 1.00 e. The van der Waals surface area contributed by atoms with E-state index in [4.69, 9.17) is 0 Å². The van der Waals surface area contributed by atoms with Gasteiger partial charge < -0.3 is 5.71 Å². The molecule has 0 fully saturated rings. The first-order valence-electron chi connectivity index (χ1n) is 0. The molecule has 0 aromatic heterocycles. The van der Waals surface area contributed by atoms with E-state index in [9.17, 15) is 0 Å². The molecule has 0 radical (unpaired) electrons. The minimum atomic E-state index is 0. The van der Waals surface area contributed by atoms with Crippen molar-refractivity contribution in [2.75, 3.05) is 0 Å². The maximum atomic E-state index is 0. The molecular formula is H4BaCaCdZn. The van der Waals surface area contributed by atoms with Crippen molar-refractivity contribution in [3.63, 3.8) is 0 Å². The first-order chi connectivity index (χ1) is 0. The van der Waals surface area contributed by atoms with Gasteiger partial charge in [0.1, 0.15) is 0 Å². The summed E-state index contributed by atoms with van der Waals surface area (Å²) in [5, 5.41) is 0. The Balaban J connectivity index is 0. The van der Waals surface area contributed by atoms with E-state index < -0.39 is 0 Å². The summed E-state index contributed by atoms with van der Waals surface area (Å²) in [5.41, 5.74) is 0. The molecule has 0 unspecified atom stereocenters. The zero-order valence-electron chi connectivity index (χ0n) is 6.83. The van der Waals surface area contributed by atoms with E-state index in [-0.39, 0.29) is 139 Å². The molecule has 12 valence electrons. The third kappa shape index (κ3) is 9.62. The molecule has 0 N–H and O–H groups in total. The Morgan fingerprint density at radius 1 is 1.25 bits per heavy atom. The summed E-state index contributed by atoms with van der Waals surface area (Å²) in [4.78, 5) is 0. The Bertz CT molecular complexity index is 16.0. The predicted molar refractivity (Wildman–Crippen MR) is 16.0 cm³/mol. The minimum Gasteiger partial charge on any atom is -1.00 e. The van der Waals surface area contributed by atoms with E-state index in [0.29, 0.717) is 0 Å². The second-order valence-corrected chi connectivity index (χ2v) is 0. The Hall–Kier alpha value is 4.38. The zero-order valence-corrected chi connectivity index (χ0v) is 16.5. The van der Waals surface area contributed by atoms with Crippen molar-refractivity contribution >= 4 is 86.6 Å². The molecule has 0 saturated heterocycles. The maximum Gasteiger partial charge on any atom is 2.00 e. The molecule has 0 rings (SSSR count). The Morgan fingerprint density at radius 2 is 1.25 bits per heavy atom. The van der Waals surface area contributed by atoms with Crippen LogP contribution < -0.4 is 0 Å². The fourth-order valence-corrected chi connectivity index (χ4v) is 0. The largest absolute Gasteiger partial charge is 2.00 e. The molecule has 0 aromatic carbocycles.